The SMILES string of the molecule is CC[NH-].[Rh]. The van der Waals surface area contributed by atoms with E-state index in [1.807, 2.05) is 0 Å². The standard InChI is InChI=1S/C2H6N.Rh/c1-2-3;/h3H,2H2,1H3;/q-1;. The maximum absolute atomic E-state index is 6.21. The molecule has 0 aliphatic rings. The Hall–Kier alpha value is 0.583. The molecule has 4 heavy (non-hydrogen) atoms. The van der Waals surface area contributed by atoms with E-state index in [2.05, 4.69) is 0 Å². The van der Waals surface area contributed by atoms with Crippen LogP contribution in [0.1, 0.15) is 6.92 Å². The van der Waals surface area contributed by atoms with Crippen LogP contribution in [0.3, 0.4) is 0 Å². The number of rotatable bonds is 0. The normalized spacial score (nSPS) is 4.50. The maximum Gasteiger partial charge on any atom is 0 e. The van der Waals surface area contributed by atoms with E-state index in [4.69, 9.17) is 5.73 Å². The molecule has 0 spiro atoms. The van der Waals surface area contributed by atoms with Crippen molar-refractivity contribution in [3.63, 3.8) is 0 Å². The van der Waals surface area contributed by atoms with Crippen LogP contribution in [0.5, 0.6) is 0 Å². The van der Waals surface area contributed by atoms with Crippen LogP contribution >= 0.6 is 0 Å². The zero-order valence-corrected chi connectivity index (χ0v) is 4.18. The van der Waals surface area contributed by atoms with Gasteiger partial charge in [0.15, 0.2) is 0 Å². The molecule has 0 saturated carbocycles. The van der Waals surface area contributed by atoms with Crippen molar-refractivity contribution in [2.75, 3.05) is 6.54 Å². The van der Waals surface area contributed by atoms with Crippen molar-refractivity contribution in [1.29, 1.82) is 0 Å². The topological polar surface area (TPSA) is 23.8 Å². The quantitative estimate of drug-likeness (QED) is 0.457. The fourth-order valence-corrected chi connectivity index (χ4v) is 0. The summed E-state index contributed by atoms with van der Waals surface area (Å²) in [5.74, 6) is 0. The molecule has 0 aromatic heterocycles. The summed E-state index contributed by atoms with van der Waals surface area (Å²) in [4.78, 5) is 0. The van der Waals surface area contributed by atoms with Crippen LogP contribution in [0.15, 0.2) is 0 Å². The molecule has 29 valence electrons. The van der Waals surface area contributed by atoms with Crippen molar-refractivity contribution < 1.29 is 19.5 Å². The van der Waals surface area contributed by atoms with E-state index in [0.717, 1.165) is 0 Å². The summed E-state index contributed by atoms with van der Waals surface area (Å²) in [7, 11) is 0. The van der Waals surface area contributed by atoms with Crippen molar-refractivity contribution in [1.82, 2.24) is 0 Å². The van der Waals surface area contributed by atoms with E-state index in [-0.39, 0.29) is 19.5 Å². The largest absolute Gasteiger partial charge is 0.678 e. The van der Waals surface area contributed by atoms with Crippen LogP contribution in [0, 0.1) is 0 Å². The fourth-order valence-electron chi connectivity index (χ4n) is 0. The Balaban J connectivity index is 0. The number of nitrogens with one attached hydrogen (secondary N) is 1. The summed E-state index contributed by atoms with van der Waals surface area (Å²) in [5, 5.41) is 0. The second kappa shape index (κ2) is 9.54. The van der Waals surface area contributed by atoms with Gasteiger partial charge in [0.25, 0.3) is 0 Å². The van der Waals surface area contributed by atoms with Gasteiger partial charge in [-0.2, -0.15) is 6.54 Å². The van der Waals surface area contributed by atoms with Gasteiger partial charge in [0.1, 0.15) is 0 Å². The van der Waals surface area contributed by atoms with Gasteiger partial charge in [0, 0.05) is 19.5 Å². The minimum atomic E-state index is 0. The third kappa shape index (κ3) is 19.0. The van der Waals surface area contributed by atoms with Crippen LogP contribution in [0.25, 0.3) is 5.73 Å². The van der Waals surface area contributed by atoms with Gasteiger partial charge in [0.2, 0.25) is 0 Å². The van der Waals surface area contributed by atoms with Gasteiger partial charge < -0.3 is 5.73 Å². The van der Waals surface area contributed by atoms with Crippen LogP contribution < -0.4 is 0 Å². The average Bonchev–Trinajstić information content (AvgIpc) is 0.918. The first kappa shape index (κ1) is 8.82. The molecule has 0 heterocycles. The first-order valence-electron chi connectivity index (χ1n) is 1.06. The summed E-state index contributed by atoms with van der Waals surface area (Å²) in [6, 6.07) is 0. The van der Waals surface area contributed by atoms with Crippen molar-refractivity contribution in [3.05, 3.63) is 5.73 Å². The van der Waals surface area contributed by atoms with Crippen molar-refractivity contribution in [3.8, 4) is 0 Å². The molecule has 1 N–H and O–H groups in total. The summed E-state index contributed by atoms with van der Waals surface area (Å²) < 4.78 is 0. The van der Waals surface area contributed by atoms with Gasteiger partial charge in [-0.3, -0.25) is 0 Å². The molecule has 0 atom stereocenters. The van der Waals surface area contributed by atoms with Crippen LogP contribution in [-0.4, -0.2) is 6.54 Å². The van der Waals surface area contributed by atoms with Crippen molar-refractivity contribution >= 4 is 0 Å². The number of hydrogen-bond donors (Lipinski definition) is 0. The first-order chi connectivity index (χ1) is 1.41. The third-order valence-electron chi connectivity index (χ3n) is 0. The third-order valence-corrected chi connectivity index (χ3v) is 0. The second-order valence-electron chi connectivity index (χ2n) is 0.354. The predicted octanol–water partition coefficient (Wildman–Crippen LogP) is 1.06. The molecule has 2 heteroatoms. The van der Waals surface area contributed by atoms with E-state index >= 15 is 0 Å². The van der Waals surface area contributed by atoms with Crippen LogP contribution in [0.4, 0.5) is 0 Å². The molecule has 0 bridgehead atoms. The smallest absolute Gasteiger partial charge is 0 e. The van der Waals surface area contributed by atoms with Gasteiger partial charge in [-0.05, 0) is 0 Å². The summed E-state index contributed by atoms with van der Waals surface area (Å²) >= 11 is 0. The predicted molar refractivity (Wildman–Crippen MR) is 14.9 cm³/mol. The molecule has 0 saturated heterocycles. The van der Waals surface area contributed by atoms with Crippen LogP contribution in [-0.2, 0) is 19.5 Å². The molecule has 1 radical (unpaired) electrons. The summed E-state index contributed by atoms with van der Waals surface area (Å²) in [5.41, 5.74) is 6.21. The zero-order valence-electron chi connectivity index (χ0n) is 2.54. The zero-order chi connectivity index (χ0) is 2.71. The molecule has 1 nitrogen and oxygen atoms in total. The molecule has 0 unspecified atom stereocenters. The first-order valence-corrected chi connectivity index (χ1v) is 1.06. The van der Waals surface area contributed by atoms with E-state index in [0.29, 0.717) is 6.54 Å². The Morgan fingerprint density at radius 2 is 1.75 bits per heavy atom. The van der Waals surface area contributed by atoms with E-state index in [1.165, 1.54) is 0 Å². The summed E-state index contributed by atoms with van der Waals surface area (Å²) in [6.45, 7) is 2.29. The molecule has 0 aliphatic carbocycles. The fraction of sp³-hybridized carbons (Fsp3) is 1.00. The average molecular weight is 147 g/mol. The van der Waals surface area contributed by atoms with Gasteiger partial charge in [-0.1, -0.05) is 6.92 Å². The van der Waals surface area contributed by atoms with Crippen molar-refractivity contribution in [2.45, 2.75) is 6.92 Å². The van der Waals surface area contributed by atoms with Gasteiger partial charge in [-0.25, -0.2) is 0 Å². The Morgan fingerprint density at radius 1 is 1.75 bits per heavy atom. The van der Waals surface area contributed by atoms with Gasteiger partial charge in [-0.15, -0.1) is 0 Å². The molecule has 0 rings (SSSR count). The minimum absolute atomic E-state index is 0. The minimum Gasteiger partial charge on any atom is -0.678 e. The molecule has 0 aliphatic heterocycles. The Labute approximate surface area is 39.3 Å². The summed E-state index contributed by atoms with van der Waals surface area (Å²) in [6.07, 6.45) is 0. The molecular weight excluding hydrogens is 141 g/mol. The molecule has 0 aromatic rings. The number of hydrogen-bond acceptors (Lipinski definition) is 0. The molecular formula is C2H6NRh-. The Morgan fingerprint density at radius 3 is 1.75 bits per heavy atom. The van der Waals surface area contributed by atoms with Crippen LogP contribution in [0.2, 0.25) is 0 Å². The second-order valence-corrected chi connectivity index (χ2v) is 0.354. The van der Waals surface area contributed by atoms with E-state index in [1.54, 1.807) is 6.92 Å². The maximum atomic E-state index is 6.21. The molecule has 0 amide bonds. The Bertz CT molecular complexity index is 6.00. The van der Waals surface area contributed by atoms with Gasteiger partial charge >= 0.3 is 0 Å². The van der Waals surface area contributed by atoms with Gasteiger partial charge in [0.05, 0.1) is 0 Å². The monoisotopic (exact) mass is 147 g/mol. The van der Waals surface area contributed by atoms with E-state index < -0.39 is 0 Å². The molecule has 0 fully saturated rings. The van der Waals surface area contributed by atoms with E-state index in [9.17, 15) is 0 Å². The Kier molecular flexibility index (Phi) is 21.0. The van der Waals surface area contributed by atoms with Crippen molar-refractivity contribution in [2.24, 2.45) is 0 Å². The molecule has 0 aromatic carbocycles.